The molecule has 142 valence electrons. The molecule has 3 rings (SSSR count). The minimum Gasteiger partial charge on any atom is -0.491 e. The van der Waals surface area contributed by atoms with Crippen LogP contribution in [0, 0.1) is 12.8 Å². The summed E-state index contributed by atoms with van der Waals surface area (Å²) in [7, 11) is 0. The molecular formula is C20H26O6. The first kappa shape index (κ1) is 18.9. The van der Waals surface area contributed by atoms with Gasteiger partial charge in [-0.15, -0.1) is 0 Å². The van der Waals surface area contributed by atoms with Crippen LogP contribution in [0.1, 0.15) is 25.8 Å². The lowest BCUT2D eigenvalue weighted by Crippen LogP contribution is -2.34. The van der Waals surface area contributed by atoms with Crippen molar-refractivity contribution in [2.75, 3.05) is 19.8 Å². The van der Waals surface area contributed by atoms with Crippen molar-refractivity contribution >= 4 is 11.0 Å². The van der Waals surface area contributed by atoms with Crippen LogP contribution in [0.3, 0.4) is 0 Å². The lowest BCUT2D eigenvalue weighted by atomic mass is 9.99. The third-order valence-corrected chi connectivity index (χ3v) is 4.85. The Labute approximate surface area is 152 Å². The van der Waals surface area contributed by atoms with E-state index >= 15 is 0 Å². The van der Waals surface area contributed by atoms with Crippen LogP contribution in [0.2, 0.25) is 0 Å². The van der Waals surface area contributed by atoms with Gasteiger partial charge in [0.05, 0.1) is 18.8 Å². The molecule has 1 aromatic carbocycles. The van der Waals surface area contributed by atoms with Gasteiger partial charge in [-0.1, -0.05) is 13.8 Å². The van der Waals surface area contributed by atoms with Crippen LogP contribution >= 0.6 is 0 Å². The highest BCUT2D eigenvalue weighted by molar-refractivity contribution is 5.81. The maximum Gasteiger partial charge on any atom is 0.336 e. The summed E-state index contributed by atoms with van der Waals surface area (Å²) in [5.74, 6) is 0.696. The maximum atomic E-state index is 11.6. The summed E-state index contributed by atoms with van der Waals surface area (Å²) in [5, 5.41) is 10.4. The summed E-state index contributed by atoms with van der Waals surface area (Å²) in [6.07, 6.45) is 0.299. The van der Waals surface area contributed by atoms with Gasteiger partial charge in [0.25, 0.3) is 0 Å². The van der Waals surface area contributed by atoms with Gasteiger partial charge in [0.15, 0.2) is 0 Å². The molecular weight excluding hydrogens is 336 g/mol. The van der Waals surface area contributed by atoms with Crippen LogP contribution in [-0.4, -0.2) is 43.2 Å². The van der Waals surface area contributed by atoms with Crippen LogP contribution in [0.15, 0.2) is 33.5 Å². The van der Waals surface area contributed by atoms with E-state index in [2.05, 4.69) is 6.92 Å². The molecule has 6 heteroatoms. The predicted molar refractivity (Wildman–Crippen MR) is 97.7 cm³/mol. The molecule has 26 heavy (non-hydrogen) atoms. The van der Waals surface area contributed by atoms with Gasteiger partial charge in [0, 0.05) is 30.0 Å². The van der Waals surface area contributed by atoms with Crippen molar-refractivity contribution in [2.45, 2.75) is 45.5 Å². The van der Waals surface area contributed by atoms with E-state index in [9.17, 15) is 9.90 Å². The Morgan fingerprint density at radius 2 is 2.04 bits per heavy atom. The summed E-state index contributed by atoms with van der Waals surface area (Å²) < 4.78 is 23.0. The summed E-state index contributed by atoms with van der Waals surface area (Å²) in [5.41, 5.74) is 0.994. The molecule has 0 radical (unpaired) electrons. The van der Waals surface area contributed by atoms with Gasteiger partial charge >= 0.3 is 5.63 Å². The van der Waals surface area contributed by atoms with Gasteiger partial charge in [-0.3, -0.25) is 0 Å². The first-order valence-electron chi connectivity index (χ1n) is 9.08. The smallest absolute Gasteiger partial charge is 0.336 e. The normalized spacial score (nSPS) is 25.7. The van der Waals surface area contributed by atoms with Crippen LogP contribution < -0.4 is 10.4 Å². The average molecular weight is 362 g/mol. The molecule has 0 spiro atoms. The van der Waals surface area contributed by atoms with Crippen LogP contribution in [0.5, 0.6) is 5.75 Å². The van der Waals surface area contributed by atoms with Gasteiger partial charge in [0.2, 0.25) is 0 Å². The molecule has 2 heterocycles. The van der Waals surface area contributed by atoms with Crippen LogP contribution in [-0.2, 0) is 9.47 Å². The van der Waals surface area contributed by atoms with Gasteiger partial charge in [0.1, 0.15) is 24.0 Å². The van der Waals surface area contributed by atoms with E-state index < -0.39 is 0 Å². The molecule has 1 aromatic heterocycles. The zero-order valence-corrected chi connectivity index (χ0v) is 15.4. The highest BCUT2D eigenvalue weighted by Crippen LogP contribution is 2.30. The molecule has 4 atom stereocenters. The van der Waals surface area contributed by atoms with E-state index in [1.54, 1.807) is 6.07 Å². The van der Waals surface area contributed by atoms with Gasteiger partial charge in [-0.25, -0.2) is 4.79 Å². The summed E-state index contributed by atoms with van der Waals surface area (Å²) in [6, 6.07) is 6.91. The average Bonchev–Trinajstić information content (AvgIpc) is 2.92. The SMILES string of the molecule is CCCOC1C(C)C(CO)O[C@H]1COc1ccc2c(C)cc(=O)oc2c1. The summed E-state index contributed by atoms with van der Waals surface area (Å²) in [6.45, 7) is 6.86. The highest BCUT2D eigenvalue weighted by Gasteiger charge is 2.42. The second-order valence-corrected chi connectivity index (χ2v) is 6.81. The number of rotatable bonds is 7. The Kier molecular flexibility index (Phi) is 5.96. The molecule has 0 saturated carbocycles. The number of ether oxygens (including phenoxy) is 3. The second-order valence-electron chi connectivity index (χ2n) is 6.81. The van der Waals surface area contributed by atoms with Crippen LogP contribution in [0.4, 0.5) is 0 Å². The molecule has 3 unspecified atom stereocenters. The molecule has 0 aliphatic carbocycles. The Balaban J connectivity index is 1.72. The predicted octanol–water partition coefficient (Wildman–Crippen LogP) is 2.67. The molecule has 1 N–H and O–H groups in total. The van der Waals surface area contributed by atoms with E-state index in [4.69, 9.17) is 18.6 Å². The number of aryl methyl sites for hydroxylation is 1. The largest absolute Gasteiger partial charge is 0.491 e. The number of hydrogen-bond donors (Lipinski definition) is 1. The van der Waals surface area contributed by atoms with E-state index in [1.807, 2.05) is 26.0 Å². The van der Waals surface area contributed by atoms with Crippen molar-refractivity contribution < 1.29 is 23.7 Å². The lowest BCUT2D eigenvalue weighted by molar-refractivity contribution is -0.0502. The molecule has 0 bridgehead atoms. The Morgan fingerprint density at radius 3 is 2.77 bits per heavy atom. The fraction of sp³-hybridized carbons (Fsp3) is 0.550. The van der Waals surface area contributed by atoms with E-state index in [0.717, 1.165) is 17.4 Å². The monoisotopic (exact) mass is 362 g/mol. The van der Waals surface area contributed by atoms with E-state index in [0.29, 0.717) is 24.5 Å². The molecule has 1 aliphatic rings. The first-order valence-corrected chi connectivity index (χ1v) is 9.08. The van der Waals surface area contributed by atoms with Crippen molar-refractivity contribution in [2.24, 2.45) is 5.92 Å². The quantitative estimate of drug-likeness (QED) is 0.763. The maximum absolute atomic E-state index is 11.6. The van der Waals surface area contributed by atoms with Crippen molar-refractivity contribution in [1.29, 1.82) is 0 Å². The fourth-order valence-corrected chi connectivity index (χ4v) is 3.41. The van der Waals surface area contributed by atoms with Gasteiger partial charge in [-0.05, 0) is 31.0 Å². The summed E-state index contributed by atoms with van der Waals surface area (Å²) in [4.78, 5) is 11.6. The van der Waals surface area contributed by atoms with Gasteiger partial charge in [-0.2, -0.15) is 0 Å². The molecule has 2 aromatic rings. The van der Waals surface area contributed by atoms with Gasteiger partial charge < -0.3 is 23.7 Å². The van der Waals surface area contributed by atoms with E-state index in [1.165, 1.54) is 6.07 Å². The Hall–Kier alpha value is -1.89. The molecule has 0 amide bonds. The molecule has 1 aliphatic heterocycles. The standard InChI is InChI=1S/C20H26O6/c1-4-7-23-20-13(3)17(10-21)25-18(20)11-24-14-5-6-15-12(2)8-19(22)26-16(15)9-14/h5-6,8-9,13,17-18,20-21H,4,7,10-11H2,1-3H3/t13?,17?,18-,20?/m0/s1. The second kappa shape index (κ2) is 8.20. The number of benzene rings is 1. The minimum atomic E-state index is -0.376. The van der Waals surface area contributed by atoms with Crippen molar-refractivity contribution in [1.82, 2.24) is 0 Å². The van der Waals surface area contributed by atoms with Crippen molar-refractivity contribution in [3.05, 3.63) is 40.2 Å². The Morgan fingerprint density at radius 1 is 1.23 bits per heavy atom. The summed E-state index contributed by atoms with van der Waals surface area (Å²) >= 11 is 0. The fourth-order valence-electron chi connectivity index (χ4n) is 3.41. The third-order valence-electron chi connectivity index (χ3n) is 4.85. The van der Waals surface area contributed by atoms with E-state index in [-0.39, 0.29) is 36.5 Å². The minimum absolute atomic E-state index is 0.0376. The highest BCUT2D eigenvalue weighted by atomic mass is 16.6. The Bertz CT molecular complexity index is 798. The van der Waals surface area contributed by atoms with Crippen molar-refractivity contribution in [3.8, 4) is 5.75 Å². The number of aliphatic hydroxyl groups excluding tert-OH is 1. The zero-order chi connectivity index (χ0) is 18.7. The molecule has 6 nitrogen and oxygen atoms in total. The molecule has 1 saturated heterocycles. The lowest BCUT2D eigenvalue weighted by Gasteiger charge is -2.21. The van der Waals surface area contributed by atoms with Crippen molar-refractivity contribution in [3.63, 3.8) is 0 Å². The number of fused-ring (bicyclic) bond motifs is 1. The number of aliphatic hydroxyl groups is 1. The number of hydrogen-bond acceptors (Lipinski definition) is 6. The van der Waals surface area contributed by atoms with Crippen LogP contribution in [0.25, 0.3) is 11.0 Å². The zero-order valence-electron chi connectivity index (χ0n) is 15.4. The molecule has 1 fully saturated rings. The first-order chi connectivity index (χ1) is 12.5. The topological polar surface area (TPSA) is 78.1 Å². The third kappa shape index (κ3) is 3.92.